The Balaban J connectivity index is 1.76. The van der Waals surface area contributed by atoms with E-state index in [1.165, 1.54) is 0 Å². The van der Waals surface area contributed by atoms with Crippen molar-refractivity contribution >= 4 is 5.91 Å². The number of rotatable bonds is 5. The van der Waals surface area contributed by atoms with Gasteiger partial charge >= 0.3 is 0 Å². The van der Waals surface area contributed by atoms with Gasteiger partial charge in [-0.25, -0.2) is 0 Å². The Kier molecular flexibility index (Phi) is 5.85. The van der Waals surface area contributed by atoms with E-state index in [1.54, 1.807) is 0 Å². The molecule has 0 aromatic heterocycles. The summed E-state index contributed by atoms with van der Waals surface area (Å²) in [6, 6.07) is 0.289. The van der Waals surface area contributed by atoms with Crippen LogP contribution in [0.25, 0.3) is 0 Å². The van der Waals surface area contributed by atoms with Crippen molar-refractivity contribution < 1.29 is 9.53 Å². The maximum atomic E-state index is 12.3. The van der Waals surface area contributed by atoms with Crippen molar-refractivity contribution in [2.75, 3.05) is 13.2 Å². The molecule has 1 aliphatic heterocycles. The van der Waals surface area contributed by atoms with Crippen LogP contribution in [-0.4, -0.2) is 31.2 Å². The van der Waals surface area contributed by atoms with E-state index in [2.05, 4.69) is 19.2 Å². The zero-order valence-corrected chi connectivity index (χ0v) is 12.9. The standard InChI is InChI=1S/C16H30N2O2/c1-3-15-13(7-8-20-15)10-18-16(19)11(2)12-5-4-6-14(17)9-12/h11-15H,3-10,17H2,1-2H3,(H,18,19). The van der Waals surface area contributed by atoms with Crippen molar-refractivity contribution in [3.05, 3.63) is 0 Å². The molecular weight excluding hydrogens is 252 g/mol. The molecule has 0 radical (unpaired) electrons. The van der Waals surface area contributed by atoms with E-state index in [9.17, 15) is 4.79 Å². The van der Waals surface area contributed by atoms with Gasteiger partial charge in [0.15, 0.2) is 0 Å². The van der Waals surface area contributed by atoms with Gasteiger partial charge in [0, 0.05) is 31.0 Å². The van der Waals surface area contributed by atoms with Crippen LogP contribution in [0.15, 0.2) is 0 Å². The molecule has 4 nitrogen and oxygen atoms in total. The van der Waals surface area contributed by atoms with Crippen LogP contribution in [0.5, 0.6) is 0 Å². The van der Waals surface area contributed by atoms with Crippen molar-refractivity contribution in [3.8, 4) is 0 Å². The maximum absolute atomic E-state index is 12.3. The van der Waals surface area contributed by atoms with Crippen molar-refractivity contribution in [1.29, 1.82) is 0 Å². The summed E-state index contributed by atoms with van der Waals surface area (Å²) in [4.78, 5) is 12.3. The highest BCUT2D eigenvalue weighted by Gasteiger charge is 2.30. The van der Waals surface area contributed by atoms with Gasteiger partial charge in [-0.05, 0) is 38.0 Å². The molecule has 4 heteroatoms. The van der Waals surface area contributed by atoms with Gasteiger partial charge in [-0.3, -0.25) is 4.79 Å². The SMILES string of the molecule is CCC1OCCC1CNC(=O)C(C)C1CCCC(N)C1. The summed E-state index contributed by atoms with van der Waals surface area (Å²) < 4.78 is 5.67. The molecule has 1 saturated heterocycles. The quantitative estimate of drug-likeness (QED) is 0.811. The first kappa shape index (κ1) is 15.8. The first-order valence-electron chi connectivity index (χ1n) is 8.26. The summed E-state index contributed by atoms with van der Waals surface area (Å²) in [6.07, 6.45) is 6.86. The van der Waals surface area contributed by atoms with Crippen LogP contribution in [0.3, 0.4) is 0 Å². The summed E-state index contributed by atoms with van der Waals surface area (Å²) in [5.74, 6) is 1.24. The second-order valence-electron chi connectivity index (χ2n) is 6.59. The zero-order valence-electron chi connectivity index (χ0n) is 12.9. The second-order valence-corrected chi connectivity index (χ2v) is 6.59. The predicted octanol–water partition coefficient (Wildman–Crippen LogP) is 2.07. The third-order valence-corrected chi connectivity index (χ3v) is 5.16. The third-order valence-electron chi connectivity index (χ3n) is 5.16. The normalized spacial score (nSPS) is 35.8. The Morgan fingerprint density at radius 3 is 2.90 bits per heavy atom. The van der Waals surface area contributed by atoms with Gasteiger partial charge < -0.3 is 15.8 Å². The minimum absolute atomic E-state index is 0.0868. The summed E-state index contributed by atoms with van der Waals surface area (Å²) in [5, 5.41) is 3.14. The molecule has 116 valence electrons. The number of hydrogen-bond donors (Lipinski definition) is 2. The summed E-state index contributed by atoms with van der Waals surface area (Å²) in [6.45, 7) is 5.81. The highest BCUT2D eigenvalue weighted by molar-refractivity contribution is 5.78. The van der Waals surface area contributed by atoms with E-state index in [0.717, 1.165) is 51.7 Å². The van der Waals surface area contributed by atoms with E-state index >= 15 is 0 Å². The fourth-order valence-electron chi connectivity index (χ4n) is 3.71. The largest absolute Gasteiger partial charge is 0.378 e. The monoisotopic (exact) mass is 282 g/mol. The number of nitrogens with one attached hydrogen (secondary N) is 1. The third kappa shape index (κ3) is 3.95. The molecule has 5 unspecified atom stereocenters. The highest BCUT2D eigenvalue weighted by Crippen LogP contribution is 2.29. The number of amides is 1. The maximum Gasteiger partial charge on any atom is 0.223 e. The summed E-state index contributed by atoms with van der Waals surface area (Å²) in [5.41, 5.74) is 6.02. The fraction of sp³-hybridized carbons (Fsp3) is 0.938. The molecule has 0 aromatic rings. The first-order valence-corrected chi connectivity index (χ1v) is 8.26. The van der Waals surface area contributed by atoms with Crippen LogP contribution in [0, 0.1) is 17.8 Å². The van der Waals surface area contributed by atoms with Gasteiger partial charge in [-0.2, -0.15) is 0 Å². The molecule has 2 fully saturated rings. The first-order chi connectivity index (χ1) is 9.61. The van der Waals surface area contributed by atoms with Gasteiger partial charge in [-0.1, -0.05) is 20.3 Å². The van der Waals surface area contributed by atoms with Gasteiger partial charge in [0.05, 0.1) is 6.10 Å². The van der Waals surface area contributed by atoms with Crippen molar-refractivity contribution in [2.45, 2.75) is 64.5 Å². The minimum Gasteiger partial charge on any atom is -0.378 e. The lowest BCUT2D eigenvalue weighted by Crippen LogP contribution is -2.40. The van der Waals surface area contributed by atoms with Crippen LogP contribution in [0.4, 0.5) is 0 Å². The lowest BCUT2D eigenvalue weighted by Gasteiger charge is -2.30. The zero-order chi connectivity index (χ0) is 14.5. The number of ether oxygens (including phenoxy) is 1. The van der Waals surface area contributed by atoms with E-state index in [-0.39, 0.29) is 17.9 Å². The Bertz CT molecular complexity index is 322. The van der Waals surface area contributed by atoms with Gasteiger partial charge in [-0.15, -0.1) is 0 Å². The van der Waals surface area contributed by atoms with Crippen LogP contribution in [-0.2, 0) is 9.53 Å². The number of carbonyl (C=O) groups is 1. The molecule has 20 heavy (non-hydrogen) atoms. The van der Waals surface area contributed by atoms with Crippen molar-refractivity contribution in [2.24, 2.45) is 23.5 Å². The Morgan fingerprint density at radius 1 is 1.40 bits per heavy atom. The lowest BCUT2D eigenvalue weighted by atomic mass is 9.78. The van der Waals surface area contributed by atoms with E-state index in [1.807, 2.05) is 0 Å². The number of hydrogen-bond acceptors (Lipinski definition) is 3. The van der Waals surface area contributed by atoms with Gasteiger partial charge in [0.2, 0.25) is 5.91 Å². The van der Waals surface area contributed by atoms with E-state index in [0.29, 0.717) is 17.9 Å². The second kappa shape index (κ2) is 7.41. The average molecular weight is 282 g/mol. The molecule has 1 aliphatic carbocycles. The molecule has 1 saturated carbocycles. The van der Waals surface area contributed by atoms with Crippen molar-refractivity contribution in [3.63, 3.8) is 0 Å². The summed E-state index contributed by atoms with van der Waals surface area (Å²) >= 11 is 0. The molecule has 3 N–H and O–H groups in total. The van der Waals surface area contributed by atoms with E-state index in [4.69, 9.17) is 10.5 Å². The predicted molar refractivity (Wildman–Crippen MR) is 80.2 cm³/mol. The molecular formula is C16H30N2O2. The molecule has 1 heterocycles. The minimum atomic E-state index is 0.0868. The topological polar surface area (TPSA) is 64.3 Å². The molecule has 0 aromatic carbocycles. The summed E-state index contributed by atoms with van der Waals surface area (Å²) in [7, 11) is 0. The average Bonchev–Trinajstić information content (AvgIpc) is 2.91. The molecule has 2 aliphatic rings. The fourth-order valence-corrected chi connectivity index (χ4v) is 3.71. The molecule has 0 spiro atoms. The van der Waals surface area contributed by atoms with E-state index < -0.39 is 0 Å². The number of carbonyl (C=O) groups excluding carboxylic acids is 1. The van der Waals surface area contributed by atoms with Crippen LogP contribution in [0.2, 0.25) is 0 Å². The lowest BCUT2D eigenvalue weighted by molar-refractivity contribution is -0.126. The Morgan fingerprint density at radius 2 is 2.20 bits per heavy atom. The van der Waals surface area contributed by atoms with Crippen LogP contribution < -0.4 is 11.1 Å². The molecule has 5 atom stereocenters. The Hall–Kier alpha value is -0.610. The Labute approximate surface area is 122 Å². The molecule has 0 bridgehead atoms. The van der Waals surface area contributed by atoms with Crippen LogP contribution >= 0.6 is 0 Å². The number of nitrogens with two attached hydrogens (primary N) is 1. The molecule has 2 rings (SSSR count). The van der Waals surface area contributed by atoms with Gasteiger partial charge in [0.25, 0.3) is 0 Å². The van der Waals surface area contributed by atoms with Crippen LogP contribution in [0.1, 0.15) is 52.4 Å². The smallest absolute Gasteiger partial charge is 0.223 e. The highest BCUT2D eigenvalue weighted by atomic mass is 16.5. The van der Waals surface area contributed by atoms with Gasteiger partial charge in [0.1, 0.15) is 0 Å². The van der Waals surface area contributed by atoms with Crippen molar-refractivity contribution in [1.82, 2.24) is 5.32 Å². The molecule has 1 amide bonds.